The summed E-state index contributed by atoms with van der Waals surface area (Å²) in [5, 5.41) is 0. The molecule has 2 N–H and O–H groups in total. The smallest absolute Gasteiger partial charge is 0.419 e. The third kappa shape index (κ3) is 4.21. The lowest BCUT2D eigenvalue weighted by Gasteiger charge is -2.17. The van der Waals surface area contributed by atoms with Crippen molar-refractivity contribution in [1.29, 1.82) is 0 Å². The van der Waals surface area contributed by atoms with Crippen molar-refractivity contribution in [3.63, 3.8) is 0 Å². The number of aryl methyl sites for hydroxylation is 1. The first-order chi connectivity index (χ1) is 14.9. The van der Waals surface area contributed by atoms with Gasteiger partial charge in [-0.25, -0.2) is 13.2 Å². The number of rotatable bonds is 8. The molecular formula is C21H23N3O6S. The third-order valence-corrected chi connectivity index (χ3v) is 7.17. The second-order valence-corrected chi connectivity index (χ2v) is 9.26. The molecule has 0 spiro atoms. The van der Waals surface area contributed by atoms with E-state index in [9.17, 15) is 18.0 Å². The number of aromatic nitrogens is 1. The molecule has 10 heteroatoms. The van der Waals surface area contributed by atoms with E-state index in [0.29, 0.717) is 37.2 Å². The van der Waals surface area contributed by atoms with Crippen LogP contribution >= 0.6 is 0 Å². The molecule has 31 heavy (non-hydrogen) atoms. The summed E-state index contributed by atoms with van der Waals surface area (Å²) in [7, 11) is -3.67. The molecule has 0 unspecified atom stereocenters. The van der Waals surface area contributed by atoms with Crippen molar-refractivity contribution in [2.24, 2.45) is 5.73 Å². The second kappa shape index (κ2) is 8.56. The van der Waals surface area contributed by atoms with E-state index in [-0.39, 0.29) is 22.8 Å². The van der Waals surface area contributed by atoms with Gasteiger partial charge in [-0.3, -0.25) is 9.36 Å². The molecule has 3 aromatic rings. The fourth-order valence-electron chi connectivity index (χ4n) is 3.70. The summed E-state index contributed by atoms with van der Waals surface area (Å²) in [5.41, 5.74) is 6.67. The number of nitrogens with two attached hydrogens (primary N) is 1. The molecule has 0 bridgehead atoms. The topological polar surface area (TPSA) is 125 Å². The van der Waals surface area contributed by atoms with Crippen LogP contribution in [0.5, 0.6) is 5.75 Å². The Morgan fingerprint density at radius 3 is 2.61 bits per heavy atom. The van der Waals surface area contributed by atoms with Gasteiger partial charge >= 0.3 is 5.76 Å². The predicted molar refractivity (Wildman–Crippen MR) is 114 cm³/mol. The predicted octanol–water partition coefficient (Wildman–Crippen LogP) is 1.95. The van der Waals surface area contributed by atoms with Crippen LogP contribution in [0.15, 0.2) is 56.6 Å². The Bertz CT molecular complexity index is 1270. The van der Waals surface area contributed by atoms with Crippen molar-refractivity contribution < 1.29 is 22.4 Å². The molecule has 1 aromatic heterocycles. The molecule has 9 nitrogen and oxygen atoms in total. The van der Waals surface area contributed by atoms with Gasteiger partial charge in [0, 0.05) is 19.6 Å². The van der Waals surface area contributed by atoms with E-state index < -0.39 is 21.7 Å². The monoisotopic (exact) mass is 445 g/mol. The van der Waals surface area contributed by atoms with Crippen LogP contribution in [0.2, 0.25) is 0 Å². The number of amides is 1. The van der Waals surface area contributed by atoms with Gasteiger partial charge in [0.1, 0.15) is 5.75 Å². The fourth-order valence-corrected chi connectivity index (χ4v) is 5.24. The Hall–Kier alpha value is -3.11. The number of nitrogens with zero attached hydrogens (tertiary/aromatic N) is 2. The van der Waals surface area contributed by atoms with Gasteiger partial charge in [0.2, 0.25) is 10.0 Å². The number of benzene rings is 2. The standard InChI is InChI=1S/C21H23N3O6S/c22-20(25)16-14-15(31(27,28)23-10-3-4-11-23)8-9-18(16)29-13-5-12-24-17-6-1-2-7-19(17)30-21(24)26/h1-2,6-9,14H,3-5,10-13H2,(H2,22,25). The van der Waals surface area contributed by atoms with Crippen molar-refractivity contribution in [2.75, 3.05) is 19.7 Å². The zero-order chi connectivity index (χ0) is 22.0. The fraction of sp³-hybridized carbons (Fsp3) is 0.333. The van der Waals surface area contributed by atoms with Crippen molar-refractivity contribution >= 4 is 27.0 Å². The number of hydrogen-bond acceptors (Lipinski definition) is 6. The minimum Gasteiger partial charge on any atom is -0.493 e. The van der Waals surface area contributed by atoms with Crippen LogP contribution in [-0.4, -0.2) is 42.9 Å². The van der Waals surface area contributed by atoms with E-state index in [1.807, 2.05) is 6.07 Å². The summed E-state index contributed by atoms with van der Waals surface area (Å²) in [6.45, 7) is 1.50. The summed E-state index contributed by atoms with van der Waals surface area (Å²) in [6, 6.07) is 11.3. The third-order valence-electron chi connectivity index (χ3n) is 5.28. The molecule has 1 fully saturated rings. The first-order valence-corrected chi connectivity index (χ1v) is 11.5. The van der Waals surface area contributed by atoms with E-state index >= 15 is 0 Å². The molecule has 0 aliphatic carbocycles. The van der Waals surface area contributed by atoms with E-state index in [1.165, 1.54) is 27.1 Å². The van der Waals surface area contributed by atoms with Crippen molar-refractivity contribution in [3.05, 3.63) is 58.6 Å². The number of fused-ring (bicyclic) bond motifs is 1. The van der Waals surface area contributed by atoms with Gasteiger partial charge in [0.15, 0.2) is 5.58 Å². The molecule has 1 amide bonds. The SMILES string of the molecule is NC(=O)c1cc(S(=O)(=O)N2CCCC2)ccc1OCCCn1c(=O)oc2ccccc21. The molecule has 2 heterocycles. The van der Waals surface area contributed by atoms with Crippen LogP contribution in [0.3, 0.4) is 0 Å². The zero-order valence-electron chi connectivity index (χ0n) is 16.8. The lowest BCUT2D eigenvalue weighted by molar-refractivity contribution is 0.0996. The lowest BCUT2D eigenvalue weighted by atomic mass is 10.2. The largest absolute Gasteiger partial charge is 0.493 e. The first-order valence-electron chi connectivity index (χ1n) is 10.0. The summed E-state index contributed by atoms with van der Waals surface area (Å²) < 4.78 is 39.3. The molecule has 0 radical (unpaired) electrons. The number of hydrogen-bond donors (Lipinski definition) is 1. The number of carbonyl (C=O) groups is 1. The van der Waals surface area contributed by atoms with Crippen LogP contribution in [-0.2, 0) is 16.6 Å². The van der Waals surface area contributed by atoms with Gasteiger partial charge in [0.25, 0.3) is 5.91 Å². The summed E-state index contributed by atoms with van der Waals surface area (Å²) in [6.07, 6.45) is 2.10. The molecular weight excluding hydrogens is 422 g/mol. The highest BCUT2D eigenvalue weighted by Gasteiger charge is 2.28. The number of para-hydroxylation sites is 2. The number of oxazole rings is 1. The highest BCUT2D eigenvalue weighted by molar-refractivity contribution is 7.89. The van der Waals surface area contributed by atoms with Gasteiger partial charge in [0.05, 0.1) is 22.6 Å². The van der Waals surface area contributed by atoms with Gasteiger partial charge in [-0.2, -0.15) is 4.31 Å². The minimum absolute atomic E-state index is 0.00574. The quantitative estimate of drug-likeness (QED) is 0.528. The molecule has 2 aromatic carbocycles. The molecule has 0 atom stereocenters. The summed E-state index contributed by atoms with van der Waals surface area (Å²) >= 11 is 0. The van der Waals surface area contributed by atoms with Gasteiger partial charge < -0.3 is 14.9 Å². The van der Waals surface area contributed by atoms with E-state index in [1.54, 1.807) is 18.2 Å². The van der Waals surface area contributed by atoms with Crippen molar-refractivity contribution in [3.8, 4) is 5.75 Å². The molecule has 0 saturated carbocycles. The molecule has 4 rings (SSSR count). The Morgan fingerprint density at radius 1 is 1.13 bits per heavy atom. The van der Waals surface area contributed by atoms with Crippen molar-refractivity contribution in [1.82, 2.24) is 8.87 Å². The Morgan fingerprint density at radius 2 is 1.87 bits per heavy atom. The number of carbonyl (C=O) groups excluding carboxylic acids is 1. The minimum atomic E-state index is -3.67. The van der Waals surface area contributed by atoms with E-state index in [0.717, 1.165) is 12.8 Å². The van der Waals surface area contributed by atoms with Crippen LogP contribution < -0.4 is 16.2 Å². The van der Waals surface area contributed by atoms with Gasteiger partial charge in [-0.15, -0.1) is 0 Å². The number of primary amides is 1. The summed E-state index contributed by atoms with van der Waals surface area (Å²) in [5.74, 6) is -1.02. The Balaban J connectivity index is 1.46. The average Bonchev–Trinajstić information content (AvgIpc) is 3.39. The number of sulfonamides is 1. The summed E-state index contributed by atoms with van der Waals surface area (Å²) in [4.78, 5) is 23.9. The zero-order valence-corrected chi connectivity index (χ0v) is 17.6. The van der Waals surface area contributed by atoms with Gasteiger partial charge in [-0.1, -0.05) is 12.1 Å². The first kappa shape index (κ1) is 21.1. The number of ether oxygens (including phenoxy) is 1. The van der Waals surface area contributed by atoms with Crippen LogP contribution in [0.1, 0.15) is 29.6 Å². The van der Waals surface area contributed by atoms with Crippen LogP contribution in [0, 0.1) is 0 Å². The van der Waals surface area contributed by atoms with Crippen molar-refractivity contribution in [2.45, 2.75) is 30.7 Å². The molecule has 1 aliphatic rings. The Kier molecular flexibility index (Phi) is 5.84. The maximum Gasteiger partial charge on any atom is 0.419 e. The molecule has 164 valence electrons. The highest BCUT2D eigenvalue weighted by atomic mass is 32.2. The highest BCUT2D eigenvalue weighted by Crippen LogP contribution is 2.26. The van der Waals surface area contributed by atoms with Gasteiger partial charge in [-0.05, 0) is 49.6 Å². The second-order valence-electron chi connectivity index (χ2n) is 7.32. The van der Waals surface area contributed by atoms with E-state index in [4.69, 9.17) is 14.9 Å². The van der Waals surface area contributed by atoms with E-state index in [2.05, 4.69) is 0 Å². The average molecular weight is 445 g/mol. The van der Waals surface area contributed by atoms with Crippen LogP contribution in [0.25, 0.3) is 11.1 Å². The van der Waals surface area contributed by atoms with Crippen LogP contribution in [0.4, 0.5) is 0 Å². The Labute approximate surface area is 179 Å². The maximum atomic E-state index is 12.7. The normalized spacial score (nSPS) is 14.8. The lowest BCUT2D eigenvalue weighted by Crippen LogP contribution is -2.28. The molecule has 1 aliphatic heterocycles. The maximum absolute atomic E-state index is 12.7. The molecule has 1 saturated heterocycles.